The average molecular weight is 257 g/mol. The van der Waals surface area contributed by atoms with Crippen LogP contribution in [0.3, 0.4) is 0 Å². The van der Waals surface area contributed by atoms with Crippen LogP contribution in [0.25, 0.3) is 0 Å². The molecule has 0 amide bonds. The van der Waals surface area contributed by atoms with Gasteiger partial charge in [0, 0.05) is 12.6 Å². The van der Waals surface area contributed by atoms with Gasteiger partial charge in [0.05, 0.1) is 12.0 Å². The summed E-state index contributed by atoms with van der Waals surface area (Å²) in [6.07, 6.45) is 6.26. The van der Waals surface area contributed by atoms with Crippen LogP contribution in [-0.4, -0.2) is 36.4 Å². The molecule has 18 heavy (non-hydrogen) atoms. The first-order valence-corrected chi connectivity index (χ1v) is 7.17. The molecule has 0 bridgehead atoms. The Bertz CT molecular complexity index is 243. The Morgan fingerprint density at radius 3 is 2.83 bits per heavy atom. The molecule has 0 saturated heterocycles. The number of carboxylic acid groups (broad SMARTS) is 1. The second-order valence-electron chi connectivity index (χ2n) is 5.48. The van der Waals surface area contributed by atoms with Crippen LogP contribution in [0.15, 0.2) is 0 Å². The smallest absolute Gasteiger partial charge is 0.306 e. The fourth-order valence-corrected chi connectivity index (χ4v) is 2.45. The molecule has 0 radical (unpaired) electrons. The molecule has 106 valence electrons. The van der Waals surface area contributed by atoms with E-state index in [1.54, 1.807) is 0 Å². The topological polar surface area (TPSA) is 58.6 Å². The van der Waals surface area contributed by atoms with Crippen molar-refractivity contribution in [1.82, 2.24) is 5.32 Å². The van der Waals surface area contributed by atoms with Gasteiger partial charge in [-0.15, -0.1) is 0 Å². The molecule has 0 aliphatic heterocycles. The Labute approximate surface area is 110 Å². The lowest BCUT2D eigenvalue weighted by Crippen LogP contribution is -2.36. The van der Waals surface area contributed by atoms with Crippen molar-refractivity contribution in [2.24, 2.45) is 5.92 Å². The largest absolute Gasteiger partial charge is 0.481 e. The number of hydrogen-bond acceptors (Lipinski definition) is 3. The molecule has 4 heteroatoms. The fourth-order valence-electron chi connectivity index (χ4n) is 2.45. The van der Waals surface area contributed by atoms with Gasteiger partial charge in [0.2, 0.25) is 0 Å². The Morgan fingerprint density at radius 2 is 2.17 bits per heavy atom. The van der Waals surface area contributed by atoms with Gasteiger partial charge in [-0.25, -0.2) is 0 Å². The molecular formula is C14H27NO3. The van der Waals surface area contributed by atoms with Crippen LogP contribution in [0.5, 0.6) is 0 Å². The minimum absolute atomic E-state index is 0.138. The van der Waals surface area contributed by atoms with Gasteiger partial charge in [-0.2, -0.15) is 0 Å². The lowest BCUT2D eigenvalue weighted by Gasteiger charge is -2.27. The minimum atomic E-state index is -0.633. The van der Waals surface area contributed by atoms with E-state index in [4.69, 9.17) is 9.84 Å². The van der Waals surface area contributed by atoms with Crippen molar-refractivity contribution in [1.29, 1.82) is 0 Å². The van der Waals surface area contributed by atoms with Crippen molar-refractivity contribution >= 4 is 5.97 Å². The molecule has 2 atom stereocenters. The van der Waals surface area contributed by atoms with Crippen LogP contribution >= 0.6 is 0 Å². The number of aliphatic carboxylic acids is 1. The zero-order valence-corrected chi connectivity index (χ0v) is 11.7. The summed E-state index contributed by atoms with van der Waals surface area (Å²) >= 11 is 0. The zero-order valence-electron chi connectivity index (χ0n) is 11.7. The van der Waals surface area contributed by atoms with Crippen molar-refractivity contribution in [2.45, 2.75) is 64.5 Å². The second kappa shape index (κ2) is 8.48. The molecule has 1 rings (SSSR count). The van der Waals surface area contributed by atoms with E-state index < -0.39 is 5.97 Å². The van der Waals surface area contributed by atoms with Crippen LogP contribution in [0.1, 0.15) is 52.4 Å². The van der Waals surface area contributed by atoms with Gasteiger partial charge in [-0.05, 0) is 52.5 Å². The van der Waals surface area contributed by atoms with E-state index in [1.807, 2.05) is 13.8 Å². The maximum Gasteiger partial charge on any atom is 0.306 e. The number of hydrogen-bond donors (Lipinski definition) is 2. The number of carbonyl (C=O) groups is 1. The van der Waals surface area contributed by atoms with Crippen molar-refractivity contribution in [3.05, 3.63) is 0 Å². The third-order valence-corrected chi connectivity index (χ3v) is 3.48. The van der Waals surface area contributed by atoms with Crippen LogP contribution in [0, 0.1) is 5.92 Å². The monoisotopic (exact) mass is 257 g/mol. The molecule has 0 aromatic carbocycles. The first-order valence-electron chi connectivity index (χ1n) is 7.17. The quantitative estimate of drug-likeness (QED) is 0.656. The molecule has 1 saturated carbocycles. The standard InChI is InChI=1S/C14H27NO3/c1-11(2)18-9-4-3-8-15-13-7-5-6-12(10-13)14(16)17/h11-13,15H,3-10H2,1-2H3,(H,16,17). The molecule has 1 fully saturated rings. The van der Waals surface area contributed by atoms with Gasteiger partial charge in [-0.3, -0.25) is 4.79 Å². The minimum Gasteiger partial charge on any atom is -0.481 e. The maximum atomic E-state index is 10.9. The number of unbranched alkanes of at least 4 members (excludes halogenated alkanes) is 1. The van der Waals surface area contributed by atoms with Gasteiger partial charge < -0.3 is 15.2 Å². The molecule has 4 nitrogen and oxygen atoms in total. The molecule has 0 spiro atoms. The van der Waals surface area contributed by atoms with Crippen LogP contribution < -0.4 is 5.32 Å². The second-order valence-corrected chi connectivity index (χ2v) is 5.48. The van der Waals surface area contributed by atoms with E-state index in [1.165, 1.54) is 0 Å². The SMILES string of the molecule is CC(C)OCCCCNC1CCCC(C(=O)O)C1. The number of ether oxygens (including phenoxy) is 1. The molecule has 1 aliphatic carbocycles. The molecular weight excluding hydrogens is 230 g/mol. The van der Waals surface area contributed by atoms with Gasteiger partial charge in [-0.1, -0.05) is 6.42 Å². The fraction of sp³-hybridized carbons (Fsp3) is 0.929. The van der Waals surface area contributed by atoms with Gasteiger partial charge >= 0.3 is 5.97 Å². The van der Waals surface area contributed by atoms with Crippen LogP contribution in [-0.2, 0) is 9.53 Å². The average Bonchev–Trinajstić information content (AvgIpc) is 2.33. The Hall–Kier alpha value is -0.610. The molecule has 0 aromatic rings. The van der Waals surface area contributed by atoms with E-state index in [9.17, 15) is 4.79 Å². The summed E-state index contributed by atoms with van der Waals surface area (Å²) < 4.78 is 5.48. The van der Waals surface area contributed by atoms with Gasteiger partial charge in [0.15, 0.2) is 0 Å². The third-order valence-electron chi connectivity index (χ3n) is 3.48. The Kier molecular flexibility index (Phi) is 7.28. The van der Waals surface area contributed by atoms with Crippen molar-refractivity contribution in [2.75, 3.05) is 13.2 Å². The first-order chi connectivity index (χ1) is 8.59. The lowest BCUT2D eigenvalue weighted by molar-refractivity contribution is -0.143. The lowest BCUT2D eigenvalue weighted by atomic mass is 9.86. The van der Waals surface area contributed by atoms with E-state index in [2.05, 4.69) is 5.32 Å². The number of carboxylic acids is 1. The molecule has 2 unspecified atom stereocenters. The predicted molar refractivity (Wildman–Crippen MR) is 71.7 cm³/mol. The van der Waals surface area contributed by atoms with E-state index in [-0.39, 0.29) is 5.92 Å². The zero-order chi connectivity index (χ0) is 13.4. The number of rotatable bonds is 8. The maximum absolute atomic E-state index is 10.9. The molecule has 0 aromatic heterocycles. The normalized spacial score (nSPS) is 24.4. The van der Waals surface area contributed by atoms with E-state index in [0.29, 0.717) is 12.1 Å². The van der Waals surface area contributed by atoms with Gasteiger partial charge in [0.1, 0.15) is 0 Å². The summed E-state index contributed by atoms with van der Waals surface area (Å²) in [6.45, 7) is 5.89. The highest BCUT2D eigenvalue weighted by molar-refractivity contribution is 5.70. The highest BCUT2D eigenvalue weighted by atomic mass is 16.5. The van der Waals surface area contributed by atoms with Gasteiger partial charge in [0.25, 0.3) is 0 Å². The van der Waals surface area contributed by atoms with E-state index in [0.717, 1.165) is 51.7 Å². The van der Waals surface area contributed by atoms with Crippen molar-refractivity contribution in [3.63, 3.8) is 0 Å². The molecule has 1 aliphatic rings. The summed E-state index contributed by atoms with van der Waals surface area (Å²) in [5.41, 5.74) is 0. The van der Waals surface area contributed by atoms with E-state index >= 15 is 0 Å². The molecule has 0 heterocycles. The first kappa shape index (κ1) is 15.4. The summed E-state index contributed by atoms with van der Waals surface area (Å²) in [7, 11) is 0. The van der Waals surface area contributed by atoms with Crippen molar-refractivity contribution < 1.29 is 14.6 Å². The van der Waals surface area contributed by atoms with Crippen LogP contribution in [0.2, 0.25) is 0 Å². The summed E-state index contributed by atoms with van der Waals surface area (Å²) in [5, 5.41) is 12.5. The van der Waals surface area contributed by atoms with Crippen LogP contribution in [0.4, 0.5) is 0 Å². The predicted octanol–water partition coefficient (Wildman–Crippen LogP) is 2.42. The number of nitrogens with one attached hydrogen (secondary N) is 1. The highest BCUT2D eigenvalue weighted by Crippen LogP contribution is 2.24. The highest BCUT2D eigenvalue weighted by Gasteiger charge is 2.26. The summed E-state index contributed by atoms with van der Waals surface area (Å²) in [4.78, 5) is 10.9. The Morgan fingerprint density at radius 1 is 1.39 bits per heavy atom. The third kappa shape index (κ3) is 6.36. The molecule has 2 N–H and O–H groups in total. The summed E-state index contributed by atoms with van der Waals surface area (Å²) in [6, 6.07) is 0.394. The Balaban J connectivity index is 2.03. The summed E-state index contributed by atoms with van der Waals surface area (Å²) in [5.74, 6) is -0.771. The van der Waals surface area contributed by atoms with Crippen molar-refractivity contribution in [3.8, 4) is 0 Å².